The van der Waals surface area contributed by atoms with Gasteiger partial charge in [-0.25, -0.2) is 9.07 Å². The van der Waals surface area contributed by atoms with Crippen LogP contribution in [0.1, 0.15) is 16.1 Å². The molecule has 9 heteroatoms. The summed E-state index contributed by atoms with van der Waals surface area (Å²) in [7, 11) is 0. The monoisotopic (exact) mass is 357 g/mol. The fourth-order valence-electron chi connectivity index (χ4n) is 3.07. The number of rotatable bonds is 4. The van der Waals surface area contributed by atoms with Gasteiger partial charge in [0.25, 0.3) is 5.91 Å². The van der Waals surface area contributed by atoms with Gasteiger partial charge in [-0.15, -0.1) is 5.10 Å². The minimum Gasteiger partial charge on any atom is -0.394 e. The molecule has 0 atom stereocenters. The maximum absolute atomic E-state index is 14.2. The molecule has 2 N–H and O–H groups in total. The minimum atomic E-state index is -1.29. The predicted molar refractivity (Wildman–Crippen MR) is 88.6 cm³/mol. The Bertz CT molecular complexity index is 983. The van der Waals surface area contributed by atoms with Gasteiger partial charge >= 0.3 is 0 Å². The van der Waals surface area contributed by atoms with Crippen LogP contribution in [-0.4, -0.2) is 60.7 Å². The lowest BCUT2D eigenvalue weighted by Crippen LogP contribution is -2.61. The summed E-state index contributed by atoms with van der Waals surface area (Å²) in [6.07, 6.45) is 3.03. The standard InChI is InChI=1S/C17H16FN5O3/c18-13-7-12(6-11-2-1-3-19-15(11)13)16(25)22-9-17(26,10-22)14-8-23(4-5-24)21-20-14/h1-3,6-8,24,26H,4-5,9-10H2. The zero-order valence-corrected chi connectivity index (χ0v) is 13.7. The third kappa shape index (κ3) is 2.71. The van der Waals surface area contributed by atoms with Gasteiger partial charge in [0, 0.05) is 17.1 Å². The molecular formula is C17H16FN5O3. The smallest absolute Gasteiger partial charge is 0.254 e. The predicted octanol–water partition coefficient (Wildman–Crippen LogP) is 0.301. The van der Waals surface area contributed by atoms with Gasteiger partial charge in [-0.2, -0.15) is 0 Å². The van der Waals surface area contributed by atoms with Crippen molar-refractivity contribution in [3.05, 3.63) is 53.7 Å². The van der Waals surface area contributed by atoms with Crippen molar-refractivity contribution < 1.29 is 19.4 Å². The van der Waals surface area contributed by atoms with Gasteiger partial charge in [0.2, 0.25) is 0 Å². The van der Waals surface area contributed by atoms with Crippen molar-refractivity contribution in [2.24, 2.45) is 0 Å². The van der Waals surface area contributed by atoms with E-state index in [1.54, 1.807) is 24.4 Å². The van der Waals surface area contributed by atoms with E-state index >= 15 is 0 Å². The number of hydrogen-bond acceptors (Lipinski definition) is 6. The molecule has 134 valence electrons. The molecule has 1 aromatic carbocycles. The second-order valence-electron chi connectivity index (χ2n) is 6.32. The van der Waals surface area contributed by atoms with Crippen LogP contribution in [0.5, 0.6) is 0 Å². The van der Waals surface area contributed by atoms with Gasteiger partial charge in [-0.05, 0) is 18.2 Å². The molecule has 1 fully saturated rings. The molecule has 1 aliphatic rings. The number of hydrogen-bond donors (Lipinski definition) is 2. The van der Waals surface area contributed by atoms with Crippen LogP contribution in [0.25, 0.3) is 10.9 Å². The SMILES string of the molecule is O=C(c1cc(F)c2ncccc2c1)N1CC(O)(c2cn(CCO)nn2)C1. The Morgan fingerprint density at radius 3 is 2.92 bits per heavy atom. The van der Waals surface area contributed by atoms with Crippen molar-refractivity contribution in [1.82, 2.24) is 24.9 Å². The third-order valence-electron chi connectivity index (χ3n) is 4.44. The van der Waals surface area contributed by atoms with Gasteiger partial charge < -0.3 is 15.1 Å². The summed E-state index contributed by atoms with van der Waals surface area (Å²) in [5.74, 6) is -0.934. The number of benzene rings is 1. The number of aromatic nitrogens is 4. The molecule has 4 rings (SSSR count). The summed E-state index contributed by atoms with van der Waals surface area (Å²) < 4.78 is 15.6. The van der Waals surface area contributed by atoms with E-state index in [0.717, 1.165) is 6.07 Å². The molecule has 8 nitrogen and oxygen atoms in total. The number of aliphatic hydroxyl groups excluding tert-OH is 1. The summed E-state index contributed by atoms with van der Waals surface area (Å²) in [4.78, 5) is 18.0. The van der Waals surface area contributed by atoms with Gasteiger partial charge in [0.1, 0.15) is 22.6 Å². The fourth-order valence-corrected chi connectivity index (χ4v) is 3.07. The Balaban J connectivity index is 1.52. The number of halogens is 1. The number of nitrogens with zero attached hydrogens (tertiary/aromatic N) is 5. The Morgan fingerprint density at radius 2 is 2.15 bits per heavy atom. The summed E-state index contributed by atoms with van der Waals surface area (Å²) in [5.41, 5.74) is -0.539. The van der Waals surface area contributed by atoms with E-state index in [1.807, 2.05) is 0 Å². The van der Waals surface area contributed by atoms with Crippen molar-refractivity contribution in [1.29, 1.82) is 0 Å². The van der Waals surface area contributed by atoms with Crippen molar-refractivity contribution in [3.8, 4) is 0 Å². The lowest BCUT2D eigenvalue weighted by molar-refractivity contribution is -0.0893. The van der Waals surface area contributed by atoms with Crippen LogP contribution in [0.15, 0.2) is 36.7 Å². The van der Waals surface area contributed by atoms with Crippen LogP contribution >= 0.6 is 0 Å². The highest BCUT2D eigenvalue weighted by atomic mass is 19.1. The number of likely N-dealkylation sites (tertiary alicyclic amines) is 1. The summed E-state index contributed by atoms with van der Waals surface area (Å²) in [5, 5.41) is 27.8. The number of aliphatic hydroxyl groups is 2. The zero-order valence-electron chi connectivity index (χ0n) is 13.7. The Morgan fingerprint density at radius 1 is 1.35 bits per heavy atom. The van der Waals surface area contributed by atoms with Gasteiger partial charge in [-0.1, -0.05) is 11.3 Å². The summed E-state index contributed by atoms with van der Waals surface area (Å²) in [6.45, 7) is 0.261. The summed E-state index contributed by atoms with van der Waals surface area (Å²) in [6, 6.07) is 6.11. The number of pyridine rings is 1. The highest BCUT2D eigenvalue weighted by molar-refractivity contribution is 5.98. The Kier molecular flexibility index (Phi) is 3.89. The third-order valence-corrected chi connectivity index (χ3v) is 4.44. The topological polar surface area (TPSA) is 104 Å². The lowest BCUT2D eigenvalue weighted by Gasteiger charge is -2.45. The number of fused-ring (bicyclic) bond motifs is 1. The van der Waals surface area contributed by atoms with Gasteiger partial charge in [0.05, 0.1) is 32.4 Å². The van der Waals surface area contributed by atoms with E-state index in [4.69, 9.17) is 5.11 Å². The highest BCUT2D eigenvalue weighted by Crippen LogP contribution is 2.32. The van der Waals surface area contributed by atoms with Crippen LogP contribution < -0.4 is 0 Å². The molecular weight excluding hydrogens is 341 g/mol. The number of carbonyl (C=O) groups excluding carboxylic acids is 1. The van der Waals surface area contributed by atoms with Crippen molar-refractivity contribution in [2.45, 2.75) is 12.1 Å². The Hall–Kier alpha value is -2.91. The first kappa shape index (κ1) is 16.6. The fraction of sp³-hybridized carbons (Fsp3) is 0.294. The minimum absolute atomic E-state index is 0.0380. The van der Waals surface area contributed by atoms with Crippen molar-refractivity contribution in [3.63, 3.8) is 0 Å². The number of amides is 1. The van der Waals surface area contributed by atoms with Crippen LogP contribution in [0.2, 0.25) is 0 Å². The first-order chi connectivity index (χ1) is 12.5. The molecule has 1 amide bonds. The molecule has 3 aromatic rings. The molecule has 1 aliphatic heterocycles. The molecule has 3 heterocycles. The van der Waals surface area contributed by atoms with Crippen molar-refractivity contribution in [2.75, 3.05) is 19.7 Å². The molecule has 0 spiro atoms. The van der Waals surface area contributed by atoms with Crippen LogP contribution in [0.3, 0.4) is 0 Å². The lowest BCUT2D eigenvalue weighted by atomic mass is 9.90. The van der Waals surface area contributed by atoms with E-state index in [9.17, 15) is 14.3 Å². The number of carbonyl (C=O) groups is 1. The second-order valence-corrected chi connectivity index (χ2v) is 6.32. The van der Waals surface area contributed by atoms with Gasteiger partial charge in [0.15, 0.2) is 0 Å². The van der Waals surface area contributed by atoms with E-state index in [1.165, 1.54) is 15.8 Å². The highest BCUT2D eigenvalue weighted by Gasteiger charge is 2.47. The molecule has 0 unspecified atom stereocenters. The zero-order chi connectivity index (χ0) is 18.3. The first-order valence-electron chi connectivity index (χ1n) is 8.07. The molecule has 0 aliphatic carbocycles. The normalized spacial score (nSPS) is 15.9. The average Bonchev–Trinajstić information content (AvgIpc) is 3.08. The first-order valence-corrected chi connectivity index (χ1v) is 8.07. The molecule has 0 saturated carbocycles. The van der Waals surface area contributed by atoms with Crippen LogP contribution in [0, 0.1) is 5.82 Å². The maximum Gasteiger partial charge on any atom is 0.254 e. The summed E-state index contributed by atoms with van der Waals surface area (Å²) >= 11 is 0. The molecule has 26 heavy (non-hydrogen) atoms. The van der Waals surface area contributed by atoms with E-state index in [2.05, 4.69) is 15.3 Å². The van der Waals surface area contributed by atoms with Crippen LogP contribution in [0.4, 0.5) is 4.39 Å². The average molecular weight is 357 g/mol. The molecule has 2 aromatic heterocycles. The molecule has 0 bridgehead atoms. The van der Waals surface area contributed by atoms with Crippen molar-refractivity contribution >= 4 is 16.8 Å². The van der Waals surface area contributed by atoms with Gasteiger partial charge in [-0.3, -0.25) is 9.78 Å². The second kappa shape index (κ2) is 6.11. The molecule has 0 radical (unpaired) electrons. The maximum atomic E-state index is 14.2. The largest absolute Gasteiger partial charge is 0.394 e. The van der Waals surface area contributed by atoms with E-state index in [0.29, 0.717) is 11.1 Å². The quantitative estimate of drug-likeness (QED) is 0.696. The van der Waals surface area contributed by atoms with E-state index in [-0.39, 0.29) is 43.2 Å². The molecule has 1 saturated heterocycles. The Labute approximate surface area is 147 Å². The van der Waals surface area contributed by atoms with Crippen LogP contribution in [-0.2, 0) is 12.1 Å². The van der Waals surface area contributed by atoms with E-state index < -0.39 is 11.4 Å². The number of β-amino-alcohol motifs (C(OH)–C–C–N with tert-alkyl or cyclic N) is 1.